The molecule has 3 aromatic carbocycles. The van der Waals surface area contributed by atoms with Crippen LogP contribution in [-0.4, -0.2) is 18.2 Å². The number of carboxylic acids is 1. The van der Waals surface area contributed by atoms with Crippen LogP contribution in [0.5, 0.6) is 17.2 Å². The highest BCUT2D eigenvalue weighted by Gasteiger charge is 2.31. The van der Waals surface area contributed by atoms with Crippen molar-refractivity contribution in [2.75, 3.05) is 7.11 Å². The zero-order valence-corrected chi connectivity index (χ0v) is 19.0. The Balaban J connectivity index is 1.85. The second-order valence-electron chi connectivity index (χ2n) is 7.54. The van der Waals surface area contributed by atoms with E-state index in [0.29, 0.717) is 33.1 Å². The van der Waals surface area contributed by atoms with Crippen LogP contribution in [-0.2, 0) is 10.7 Å². The first-order valence-corrected chi connectivity index (χ1v) is 10.9. The highest BCUT2D eigenvalue weighted by Crippen LogP contribution is 2.50. The topological polar surface area (TPSA) is 55.8 Å². The highest BCUT2D eigenvalue weighted by molar-refractivity contribution is 7.22. The molecule has 0 saturated heterocycles. The maximum atomic E-state index is 14.4. The predicted molar refractivity (Wildman–Crippen MR) is 127 cm³/mol. The monoisotopic (exact) mass is 484 g/mol. The minimum Gasteiger partial charge on any atom is -0.497 e. The molecule has 1 aromatic heterocycles. The molecule has 4 aromatic rings. The van der Waals surface area contributed by atoms with Gasteiger partial charge in [-0.15, -0.1) is 11.3 Å². The van der Waals surface area contributed by atoms with Crippen LogP contribution in [0.4, 0.5) is 13.2 Å². The second-order valence-corrected chi connectivity index (χ2v) is 8.60. The quantitative estimate of drug-likeness (QED) is 0.273. The number of halogens is 3. The Bertz CT molecular complexity index is 1390. The van der Waals surface area contributed by atoms with Gasteiger partial charge in [0.05, 0.1) is 12.0 Å². The molecule has 1 N–H and O–H groups in total. The van der Waals surface area contributed by atoms with E-state index in [0.717, 1.165) is 29.8 Å². The normalized spacial score (nSPS) is 11.8. The molecule has 4 nitrogen and oxygen atoms in total. The lowest BCUT2D eigenvalue weighted by molar-refractivity contribution is -0.131. The van der Waals surface area contributed by atoms with Gasteiger partial charge in [-0.1, -0.05) is 18.2 Å². The summed E-state index contributed by atoms with van der Waals surface area (Å²) in [6.45, 7) is 0.728. The number of carbonyl (C=O) groups is 1. The molecule has 0 amide bonds. The fourth-order valence-corrected chi connectivity index (χ4v) is 4.67. The molecule has 174 valence electrons. The van der Waals surface area contributed by atoms with Crippen molar-refractivity contribution in [3.05, 3.63) is 83.7 Å². The Kier molecular flexibility index (Phi) is 6.34. The smallest absolute Gasteiger partial charge is 0.328 e. The third-order valence-corrected chi connectivity index (χ3v) is 6.24. The molecule has 0 unspecified atom stereocenters. The Morgan fingerprint density at radius 2 is 1.74 bits per heavy atom. The molecule has 4 rings (SSSR count). The van der Waals surface area contributed by atoms with E-state index >= 15 is 0 Å². The van der Waals surface area contributed by atoms with E-state index in [1.807, 2.05) is 0 Å². The van der Waals surface area contributed by atoms with Crippen molar-refractivity contribution in [3.8, 4) is 27.7 Å². The van der Waals surface area contributed by atoms with Gasteiger partial charge in [0.15, 0.2) is 5.75 Å². The molecule has 0 fully saturated rings. The van der Waals surface area contributed by atoms with Gasteiger partial charge < -0.3 is 14.6 Å². The SMILES string of the molecule is COc1ccc2c(Oc3ccc(C=CC(=O)O)cc3)c(-c3ccc(F)cc3C(C)(F)F)sc2c1. The molecule has 0 aliphatic carbocycles. The number of benzene rings is 3. The van der Waals surface area contributed by atoms with Crippen LogP contribution in [0.15, 0.2) is 66.7 Å². The zero-order chi connectivity index (χ0) is 24.5. The number of hydrogen-bond acceptors (Lipinski definition) is 4. The van der Waals surface area contributed by atoms with Crippen LogP contribution in [0.25, 0.3) is 26.6 Å². The zero-order valence-electron chi connectivity index (χ0n) is 18.1. The molecule has 0 spiro atoms. The summed E-state index contributed by atoms with van der Waals surface area (Å²) < 4.78 is 54.9. The van der Waals surface area contributed by atoms with Crippen molar-refractivity contribution in [3.63, 3.8) is 0 Å². The van der Waals surface area contributed by atoms with E-state index in [2.05, 4.69) is 0 Å². The molecule has 0 radical (unpaired) electrons. The van der Waals surface area contributed by atoms with Crippen molar-refractivity contribution < 1.29 is 32.5 Å². The average Bonchev–Trinajstić information content (AvgIpc) is 3.15. The number of hydrogen-bond donors (Lipinski definition) is 1. The molecule has 8 heteroatoms. The fraction of sp³-hybridized carbons (Fsp3) is 0.115. The third kappa shape index (κ3) is 4.92. The summed E-state index contributed by atoms with van der Waals surface area (Å²) in [7, 11) is 1.53. The number of ether oxygens (including phenoxy) is 2. The van der Waals surface area contributed by atoms with Gasteiger partial charge in [-0.05, 0) is 54.1 Å². The van der Waals surface area contributed by atoms with Gasteiger partial charge in [-0.25, -0.2) is 18.0 Å². The van der Waals surface area contributed by atoms with E-state index in [-0.39, 0.29) is 5.56 Å². The minimum atomic E-state index is -3.28. The van der Waals surface area contributed by atoms with Crippen LogP contribution in [0, 0.1) is 5.82 Å². The average molecular weight is 484 g/mol. The molecule has 0 bridgehead atoms. The van der Waals surface area contributed by atoms with E-state index in [1.165, 1.54) is 30.6 Å². The van der Waals surface area contributed by atoms with Gasteiger partial charge in [-0.2, -0.15) is 0 Å². The van der Waals surface area contributed by atoms with E-state index in [9.17, 15) is 18.0 Å². The molecular formula is C26H19F3O4S. The number of alkyl halides is 2. The van der Waals surface area contributed by atoms with Gasteiger partial charge in [0, 0.05) is 34.2 Å². The Labute approximate surface area is 197 Å². The van der Waals surface area contributed by atoms with Crippen molar-refractivity contribution in [2.45, 2.75) is 12.8 Å². The summed E-state index contributed by atoms with van der Waals surface area (Å²) >= 11 is 1.24. The highest BCUT2D eigenvalue weighted by atomic mass is 32.1. The van der Waals surface area contributed by atoms with Gasteiger partial charge in [0.25, 0.3) is 5.92 Å². The van der Waals surface area contributed by atoms with Gasteiger partial charge in [-0.3, -0.25) is 0 Å². The molecule has 0 aliphatic heterocycles. The first-order chi connectivity index (χ1) is 16.2. The van der Waals surface area contributed by atoms with Crippen LogP contribution in [0.2, 0.25) is 0 Å². The van der Waals surface area contributed by atoms with Gasteiger partial charge >= 0.3 is 5.97 Å². The number of carboxylic acid groups (broad SMARTS) is 1. The first-order valence-electron chi connectivity index (χ1n) is 10.1. The maximum absolute atomic E-state index is 14.4. The minimum absolute atomic E-state index is 0.171. The van der Waals surface area contributed by atoms with Gasteiger partial charge in [0.1, 0.15) is 17.3 Å². The summed E-state index contributed by atoms with van der Waals surface area (Å²) in [4.78, 5) is 11.1. The first kappa shape index (κ1) is 23.4. The molecular weight excluding hydrogens is 465 g/mol. The Hall–Kier alpha value is -3.78. The molecule has 1 heterocycles. The molecule has 0 atom stereocenters. The van der Waals surface area contributed by atoms with E-state index in [4.69, 9.17) is 14.6 Å². The van der Waals surface area contributed by atoms with E-state index < -0.39 is 23.3 Å². The summed E-state index contributed by atoms with van der Waals surface area (Å²) in [5, 5.41) is 9.46. The van der Waals surface area contributed by atoms with E-state index in [1.54, 1.807) is 42.5 Å². The molecule has 34 heavy (non-hydrogen) atoms. The summed E-state index contributed by atoms with van der Waals surface area (Å²) in [6, 6.07) is 15.3. The maximum Gasteiger partial charge on any atom is 0.328 e. The number of methoxy groups -OCH3 is 1. The molecule has 0 saturated carbocycles. The largest absolute Gasteiger partial charge is 0.497 e. The van der Waals surface area contributed by atoms with Crippen LogP contribution in [0.3, 0.4) is 0 Å². The number of rotatable bonds is 7. The van der Waals surface area contributed by atoms with Gasteiger partial charge in [0.2, 0.25) is 0 Å². The lowest BCUT2D eigenvalue weighted by atomic mass is 10.00. The fourth-order valence-electron chi connectivity index (χ4n) is 3.47. The molecule has 0 aliphatic rings. The number of fused-ring (bicyclic) bond motifs is 1. The summed E-state index contributed by atoms with van der Waals surface area (Å²) in [5.74, 6) is -3.71. The Morgan fingerprint density at radius 3 is 2.38 bits per heavy atom. The van der Waals surface area contributed by atoms with Crippen molar-refractivity contribution in [2.24, 2.45) is 0 Å². The number of thiophene rings is 1. The standard InChI is InChI=1S/C26H19F3O4S/c1-26(28,29)21-13-16(27)6-10-19(21)25-24(20-11-9-18(32-2)14-22(20)34-25)33-17-7-3-15(4-8-17)5-12-23(30)31/h3-14H,1-2H3,(H,30,31). The van der Waals surface area contributed by atoms with Crippen LogP contribution >= 0.6 is 11.3 Å². The predicted octanol–water partition coefficient (Wildman–Crippen LogP) is 7.72. The summed E-state index contributed by atoms with van der Waals surface area (Å²) in [6.07, 6.45) is 2.46. The Morgan fingerprint density at radius 1 is 1.03 bits per heavy atom. The van der Waals surface area contributed by atoms with Crippen LogP contribution in [0.1, 0.15) is 18.1 Å². The third-order valence-electron chi connectivity index (χ3n) is 5.07. The van der Waals surface area contributed by atoms with Crippen molar-refractivity contribution in [1.82, 2.24) is 0 Å². The van der Waals surface area contributed by atoms with Crippen molar-refractivity contribution in [1.29, 1.82) is 0 Å². The lowest BCUT2D eigenvalue weighted by Crippen LogP contribution is -2.09. The second kappa shape index (κ2) is 9.23. The summed E-state index contributed by atoms with van der Waals surface area (Å²) in [5.41, 5.74) is 0.386. The van der Waals surface area contributed by atoms with Crippen molar-refractivity contribution >= 4 is 33.5 Å². The van der Waals surface area contributed by atoms with Crippen LogP contribution < -0.4 is 9.47 Å². The lowest BCUT2D eigenvalue weighted by Gasteiger charge is -2.16. The number of aliphatic carboxylic acids is 1.